The Morgan fingerprint density at radius 1 is 1.50 bits per heavy atom. The first kappa shape index (κ1) is 15.1. The lowest BCUT2D eigenvalue weighted by Gasteiger charge is -2.22. The first-order valence-corrected chi connectivity index (χ1v) is 7.05. The molecule has 1 N–H and O–H groups in total. The Morgan fingerprint density at radius 3 is 2.67 bits per heavy atom. The Kier molecular flexibility index (Phi) is 5.28. The number of aromatic nitrogens is 1. The highest BCUT2D eigenvalue weighted by molar-refractivity contribution is 7.09. The van der Waals surface area contributed by atoms with Gasteiger partial charge in [0.1, 0.15) is 0 Å². The number of hydrogen-bond acceptors (Lipinski definition) is 4. The van der Waals surface area contributed by atoms with Crippen molar-refractivity contribution >= 4 is 17.2 Å². The summed E-state index contributed by atoms with van der Waals surface area (Å²) >= 11 is 1.60. The monoisotopic (exact) mass is 269 g/mol. The number of nitrogens with one attached hydrogen (secondary N) is 1. The van der Waals surface area contributed by atoms with Gasteiger partial charge in [0.25, 0.3) is 0 Å². The molecule has 18 heavy (non-hydrogen) atoms. The van der Waals surface area contributed by atoms with Crippen molar-refractivity contribution in [2.45, 2.75) is 46.2 Å². The lowest BCUT2D eigenvalue weighted by atomic mass is 10.1. The number of rotatable bonds is 5. The van der Waals surface area contributed by atoms with Crippen LogP contribution in [-0.4, -0.2) is 34.9 Å². The van der Waals surface area contributed by atoms with Crippen molar-refractivity contribution < 1.29 is 4.79 Å². The number of carbonyl (C=O) groups excluding carboxylic acids is 1. The number of aryl methyl sites for hydroxylation is 1. The second-order valence-corrected chi connectivity index (χ2v) is 6.48. The molecular weight excluding hydrogens is 246 g/mol. The summed E-state index contributed by atoms with van der Waals surface area (Å²) in [7, 11) is 1.85. The lowest BCUT2D eigenvalue weighted by Crippen LogP contribution is -2.38. The van der Waals surface area contributed by atoms with Crippen LogP contribution in [0.2, 0.25) is 0 Å². The highest BCUT2D eigenvalue weighted by atomic mass is 32.1. The Bertz CT molecular complexity index is 395. The molecule has 5 heteroatoms. The van der Waals surface area contributed by atoms with Crippen molar-refractivity contribution in [2.24, 2.45) is 0 Å². The van der Waals surface area contributed by atoms with Crippen LogP contribution < -0.4 is 5.32 Å². The number of amides is 1. The van der Waals surface area contributed by atoms with E-state index in [4.69, 9.17) is 0 Å². The van der Waals surface area contributed by atoms with Crippen LogP contribution in [0.3, 0.4) is 0 Å². The molecule has 0 spiro atoms. The van der Waals surface area contributed by atoms with Crippen LogP contribution in [0.1, 0.15) is 37.8 Å². The molecule has 0 unspecified atom stereocenters. The fraction of sp³-hybridized carbons (Fsp3) is 0.692. The van der Waals surface area contributed by atoms with Crippen molar-refractivity contribution in [1.82, 2.24) is 15.2 Å². The normalized spacial score (nSPS) is 11.6. The average Bonchev–Trinajstić information content (AvgIpc) is 2.62. The van der Waals surface area contributed by atoms with Crippen molar-refractivity contribution in [3.63, 3.8) is 0 Å². The van der Waals surface area contributed by atoms with Gasteiger partial charge in [0.05, 0.1) is 17.7 Å². The van der Waals surface area contributed by atoms with Crippen molar-refractivity contribution in [3.05, 3.63) is 16.1 Å². The van der Waals surface area contributed by atoms with Crippen LogP contribution in [0.15, 0.2) is 5.51 Å². The third-order valence-corrected chi connectivity index (χ3v) is 3.57. The van der Waals surface area contributed by atoms with Crippen LogP contribution in [0, 0.1) is 6.92 Å². The molecule has 0 atom stereocenters. The summed E-state index contributed by atoms with van der Waals surface area (Å²) in [5, 5.41) is 3.32. The molecule has 0 aliphatic heterocycles. The minimum absolute atomic E-state index is 0.0626. The van der Waals surface area contributed by atoms with E-state index in [0.717, 1.165) is 10.6 Å². The quantitative estimate of drug-likeness (QED) is 0.891. The molecule has 0 fully saturated rings. The molecular formula is C13H23N3OS. The van der Waals surface area contributed by atoms with Crippen LogP contribution in [0.25, 0.3) is 0 Å². The van der Waals surface area contributed by atoms with Crippen LogP contribution in [0.4, 0.5) is 0 Å². The number of thiazole rings is 1. The van der Waals surface area contributed by atoms with Gasteiger partial charge in [-0.2, -0.15) is 0 Å². The molecule has 0 aliphatic rings. The Labute approximate surface area is 113 Å². The van der Waals surface area contributed by atoms with E-state index in [1.54, 1.807) is 16.2 Å². The predicted molar refractivity (Wildman–Crippen MR) is 75.7 cm³/mol. The van der Waals surface area contributed by atoms with Gasteiger partial charge in [-0.1, -0.05) is 0 Å². The maximum Gasteiger partial charge on any atom is 0.223 e. The van der Waals surface area contributed by atoms with E-state index in [-0.39, 0.29) is 11.4 Å². The Hall–Kier alpha value is -0.940. The molecule has 1 heterocycles. The second-order valence-electron chi connectivity index (χ2n) is 5.54. The molecule has 102 valence electrons. The third-order valence-electron chi connectivity index (χ3n) is 2.65. The van der Waals surface area contributed by atoms with Gasteiger partial charge in [-0.05, 0) is 27.7 Å². The van der Waals surface area contributed by atoms with Crippen LogP contribution in [0.5, 0.6) is 0 Å². The molecule has 0 aromatic carbocycles. The van der Waals surface area contributed by atoms with Crippen molar-refractivity contribution in [2.75, 3.05) is 13.6 Å². The third kappa shape index (κ3) is 5.14. The second kappa shape index (κ2) is 6.29. The van der Waals surface area contributed by atoms with Gasteiger partial charge in [0.15, 0.2) is 0 Å². The molecule has 4 nitrogen and oxygen atoms in total. The van der Waals surface area contributed by atoms with E-state index in [0.29, 0.717) is 19.5 Å². The molecule has 1 aromatic heterocycles. The highest BCUT2D eigenvalue weighted by Crippen LogP contribution is 2.14. The molecule has 0 radical (unpaired) electrons. The summed E-state index contributed by atoms with van der Waals surface area (Å²) in [6, 6.07) is 0. The maximum atomic E-state index is 11.9. The van der Waals surface area contributed by atoms with E-state index < -0.39 is 0 Å². The number of hydrogen-bond donors (Lipinski definition) is 1. The maximum absolute atomic E-state index is 11.9. The van der Waals surface area contributed by atoms with E-state index in [1.165, 1.54) is 0 Å². The summed E-state index contributed by atoms with van der Waals surface area (Å²) in [5.41, 5.74) is 2.91. The zero-order chi connectivity index (χ0) is 13.8. The first-order chi connectivity index (χ1) is 8.29. The van der Waals surface area contributed by atoms with Gasteiger partial charge in [0.2, 0.25) is 5.91 Å². The molecule has 0 aliphatic carbocycles. The molecule has 0 saturated heterocycles. The van der Waals surface area contributed by atoms with Gasteiger partial charge in [0, 0.05) is 30.4 Å². The first-order valence-electron chi connectivity index (χ1n) is 6.17. The van der Waals surface area contributed by atoms with E-state index in [2.05, 4.69) is 31.1 Å². The Morgan fingerprint density at radius 2 is 2.17 bits per heavy atom. The van der Waals surface area contributed by atoms with Crippen molar-refractivity contribution in [3.8, 4) is 0 Å². The largest absolute Gasteiger partial charge is 0.341 e. The van der Waals surface area contributed by atoms with Crippen LogP contribution >= 0.6 is 11.3 Å². The summed E-state index contributed by atoms with van der Waals surface area (Å²) in [6.45, 7) is 9.65. The minimum atomic E-state index is 0.0626. The smallest absolute Gasteiger partial charge is 0.223 e. The zero-order valence-corrected chi connectivity index (χ0v) is 12.7. The topological polar surface area (TPSA) is 45.2 Å². The predicted octanol–water partition coefficient (Wildman–Crippen LogP) is 2.19. The summed E-state index contributed by atoms with van der Waals surface area (Å²) < 4.78 is 0. The van der Waals surface area contributed by atoms with Crippen molar-refractivity contribution in [1.29, 1.82) is 0 Å². The van der Waals surface area contributed by atoms with Crippen LogP contribution in [-0.2, 0) is 11.3 Å². The average molecular weight is 269 g/mol. The van der Waals surface area contributed by atoms with E-state index >= 15 is 0 Å². The molecule has 1 aromatic rings. The lowest BCUT2D eigenvalue weighted by molar-refractivity contribution is -0.130. The van der Waals surface area contributed by atoms with Gasteiger partial charge >= 0.3 is 0 Å². The van der Waals surface area contributed by atoms with Gasteiger partial charge < -0.3 is 10.2 Å². The summed E-state index contributed by atoms with van der Waals surface area (Å²) in [5.74, 6) is 0.166. The fourth-order valence-electron chi connectivity index (χ4n) is 1.52. The highest BCUT2D eigenvalue weighted by Gasteiger charge is 2.13. The fourth-order valence-corrected chi connectivity index (χ4v) is 2.35. The molecule has 0 saturated carbocycles. The Balaban J connectivity index is 2.36. The van der Waals surface area contributed by atoms with Gasteiger partial charge in [-0.15, -0.1) is 11.3 Å². The van der Waals surface area contributed by atoms with E-state index in [1.807, 2.05) is 19.5 Å². The minimum Gasteiger partial charge on any atom is -0.341 e. The zero-order valence-electron chi connectivity index (χ0n) is 11.9. The summed E-state index contributed by atoms with van der Waals surface area (Å²) in [6.07, 6.45) is 0.533. The molecule has 1 amide bonds. The standard InChI is InChI=1S/C13H23N3OS/c1-10-11(18-9-14-10)8-16(5)12(17)6-7-15-13(2,3)4/h9,15H,6-8H2,1-5H3. The number of nitrogens with zero attached hydrogens (tertiary/aromatic N) is 2. The van der Waals surface area contributed by atoms with E-state index in [9.17, 15) is 4.79 Å². The van der Waals surface area contributed by atoms with Gasteiger partial charge in [-0.25, -0.2) is 4.98 Å². The summed E-state index contributed by atoms with van der Waals surface area (Å²) in [4.78, 5) is 19.1. The molecule has 0 bridgehead atoms. The SMILES string of the molecule is Cc1ncsc1CN(C)C(=O)CCNC(C)(C)C. The van der Waals surface area contributed by atoms with Gasteiger partial charge in [-0.3, -0.25) is 4.79 Å². The molecule has 1 rings (SSSR count). The number of carbonyl (C=O) groups is 1.